The van der Waals surface area contributed by atoms with Crippen molar-refractivity contribution in [2.24, 2.45) is 17.6 Å². The number of nitrogens with two attached hydrogens (primary N) is 1. The number of piperidine rings is 2. The second-order valence-corrected chi connectivity index (χ2v) is 7.61. The molecule has 4 N–H and O–H groups in total. The molecule has 0 aliphatic carbocycles. The van der Waals surface area contributed by atoms with Gasteiger partial charge in [0.15, 0.2) is 0 Å². The van der Waals surface area contributed by atoms with E-state index < -0.39 is 29.5 Å². The fourth-order valence-electron chi connectivity index (χ4n) is 4.07. The summed E-state index contributed by atoms with van der Waals surface area (Å²) in [7, 11) is 0. The van der Waals surface area contributed by atoms with Crippen LogP contribution in [0.4, 0.5) is 23.2 Å². The summed E-state index contributed by atoms with van der Waals surface area (Å²) in [5.41, 5.74) is 4.28. The van der Waals surface area contributed by atoms with E-state index in [0.29, 0.717) is 51.5 Å². The maximum Gasteiger partial charge on any atom is 0.416 e. The third kappa shape index (κ3) is 5.17. The molecule has 3 atom stereocenters. The Bertz CT molecular complexity index is 771. The Balaban J connectivity index is 1.70. The first-order chi connectivity index (χ1) is 13.6. The summed E-state index contributed by atoms with van der Waals surface area (Å²) in [5, 5.41) is 5.94. The first-order valence-corrected chi connectivity index (χ1v) is 9.58. The standard InChI is InChI=1S/C19H24F4N4O2/c20-13-6-12(19(21,22)23)7-14(8-13)26-16-2-1-5-27(18(16)29)10-11-9-25-4-3-15(11)17(24)28/h6-8,11,15-16,25-26H,1-5,9-10H2,(H2,24,28)/t11?,15-,16?/m0/s1. The third-order valence-corrected chi connectivity index (χ3v) is 5.52. The molecule has 29 heavy (non-hydrogen) atoms. The molecule has 2 heterocycles. The van der Waals surface area contributed by atoms with Crippen LogP contribution in [0, 0.1) is 17.7 Å². The zero-order valence-corrected chi connectivity index (χ0v) is 15.8. The van der Waals surface area contributed by atoms with Gasteiger partial charge in [-0.25, -0.2) is 4.39 Å². The van der Waals surface area contributed by atoms with Gasteiger partial charge in [0.25, 0.3) is 0 Å². The van der Waals surface area contributed by atoms with Gasteiger partial charge in [-0.05, 0) is 44.0 Å². The molecular formula is C19H24F4N4O2. The van der Waals surface area contributed by atoms with Gasteiger partial charge < -0.3 is 21.3 Å². The Morgan fingerprint density at radius 1 is 1.28 bits per heavy atom. The van der Waals surface area contributed by atoms with E-state index in [0.717, 1.165) is 12.1 Å². The summed E-state index contributed by atoms with van der Waals surface area (Å²) in [5.74, 6) is -2.14. The Morgan fingerprint density at radius 3 is 2.72 bits per heavy atom. The summed E-state index contributed by atoms with van der Waals surface area (Å²) in [6.07, 6.45) is -3.01. The van der Waals surface area contributed by atoms with Crippen LogP contribution in [0.25, 0.3) is 0 Å². The van der Waals surface area contributed by atoms with Gasteiger partial charge in [0.05, 0.1) is 5.56 Å². The molecule has 160 valence electrons. The molecule has 2 amide bonds. The number of alkyl halides is 3. The Morgan fingerprint density at radius 2 is 2.03 bits per heavy atom. The molecule has 6 nitrogen and oxygen atoms in total. The SMILES string of the molecule is NC(=O)[C@H]1CCNCC1CN1CCCC(Nc2cc(F)cc(C(F)(F)F)c2)C1=O. The minimum absolute atomic E-state index is 0.0909. The number of nitrogens with one attached hydrogen (secondary N) is 2. The van der Waals surface area contributed by atoms with E-state index in [1.807, 2.05) is 0 Å². The van der Waals surface area contributed by atoms with Crippen LogP contribution in [0.2, 0.25) is 0 Å². The monoisotopic (exact) mass is 416 g/mol. The van der Waals surface area contributed by atoms with Gasteiger partial charge in [-0.2, -0.15) is 13.2 Å². The minimum Gasteiger partial charge on any atom is -0.374 e. The van der Waals surface area contributed by atoms with Crippen molar-refractivity contribution >= 4 is 17.5 Å². The summed E-state index contributed by atoms with van der Waals surface area (Å²) >= 11 is 0. The molecule has 2 fully saturated rings. The molecule has 10 heteroatoms. The van der Waals surface area contributed by atoms with Crippen molar-refractivity contribution in [3.8, 4) is 0 Å². The molecule has 2 aliphatic rings. The third-order valence-electron chi connectivity index (χ3n) is 5.52. The predicted octanol–water partition coefficient (Wildman–Crippen LogP) is 1.96. The first kappa shape index (κ1) is 21.4. The van der Waals surface area contributed by atoms with Gasteiger partial charge in [-0.3, -0.25) is 9.59 Å². The van der Waals surface area contributed by atoms with Crippen LogP contribution in [0.15, 0.2) is 18.2 Å². The van der Waals surface area contributed by atoms with Crippen molar-refractivity contribution in [1.82, 2.24) is 10.2 Å². The van der Waals surface area contributed by atoms with Crippen LogP contribution in [-0.4, -0.2) is 48.9 Å². The lowest BCUT2D eigenvalue weighted by molar-refractivity contribution is -0.137. The van der Waals surface area contributed by atoms with Crippen molar-refractivity contribution < 1.29 is 27.2 Å². The molecular weight excluding hydrogens is 392 g/mol. The van der Waals surface area contributed by atoms with Gasteiger partial charge in [-0.1, -0.05) is 0 Å². The summed E-state index contributed by atoms with van der Waals surface area (Å²) in [6.45, 7) is 2.09. The first-order valence-electron chi connectivity index (χ1n) is 9.58. The van der Waals surface area contributed by atoms with Crippen molar-refractivity contribution in [1.29, 1.82) is 0 Å². The fourth-order valence-corrected chi connectivity index (χ4v) is 4.07. The number of hydrogen-bond donors (Lipinski definition) is 3. The topological polar surface area (TPSA) is 87.5 Å². The number of amides is 2. The molecule has 0 aromatic heterocycles. The molecule has 0 saturated carbocycles. The number of likely N-dealkylation sites (tertiary alicyclic amines) is 1. The van der Waals surface area contributed by atoms with Gasteiger partial charge in [0.2, 0.25) is 11.8 Å². The highest BCUT2D eigenvalue weighted by atomic mass is 19.4. The highest BCUT2D eigenvalue weighted by molar-refractivity contribution is 5.85. The van der Waals surface area contributed by atoms with Gasteiger partial charge in [0, 0.05) is 37.2 Å². The largest absolute Gasteiger partial charge is 0.416 e. The number of carbonyl (C=O) groups is 2. The Labute approximate surface area is 165 Å². The number of benzene rings is 1. The second-order valence-electron chi connectivity index (χ2n) is 7.61. The van der Waals surface area contributed by atoms with Crippen LogP contribution in [-0.2, 0) is 15.8 Å². The lowest BCUT2D eigenvalue weighted by atomic mass is 9.85. The molecule has 2 aliphatic heterocycles. The summed E-state index contributed by atoms with van der Waals surface area (Å²) < 4.78 is 52.4. The Kier molecular flexibility index (Phi) is 6.30. The lowest BCUT2D eigenvalue weighted by Crippen LogP contribution is -2.53. The highest BCUT2D eigenvalue weighted by Gasteiger charge is 2.36. The van der Waals surface area contributed by atoms with E-state index in [4.69, 9.17) is 5.73 Å². The average Bonchev–Trinajstić information content (AvgIpc) is 2.64. The lowest BCUT2D eigenvalue weighted by Gasteiger charge is -2.38. The molecule has 0 radical (unpaired) electrons. The molecule has 0 bridgehead atoms. The van der Waals surface area contributed by atoms with Crippen LogP contribution in [0.3, 0.4) is 0 Å². The number of nitrogens with zero attached hydrogens (tertiary/aromatic N) is 1. The molecule has 3 rings (SSSR count). The summed E-state index contributed by atoms with van der Waals surface area (Å²) in [4.78, 5) is 26.2. The average molecular weight is 416 g/mol. The Hall–Kier alpha value is -2.36. The van der Waals surface area contributed by atoms with Crippen molar-refractivity contribution in [2.45, 2.75) is 31.5 Å². The van der Waals surface area contributed by atoms with Crippen molar-refractivity contribution in [2.75, 3.05) is 31.5 Å². The molecule has 2 unspecified atom stereocenters. The zero-order chi connectivity index (χ0) is 21.2. The van der Waals surface area contributed by atoms with Crippen LogP contribution < -0.4 is 16.4 Å². The van der Waals surface area contributed by atoms with E-state index in [9.17, 15) is 27.2 Å². The van der Waals surface area contributed by atoms with Crippen LogP contribution >= 0.6 is 0 Å². The molecule has 0 spiro atoms. The maximum atomic E-state index is 13.6. The van der Waals surface area contributed by atoms with E-state index in [1.54, 1.807) is 4.90 Å². The van der Waals surface area contributed by atoms with Crippen molar-refractivity contribution in [3.05, 3.63) is 29.6 Å². The van der Waals surface area contributed by atoms with Gasteiger partial charge >= 0.3 is 6.18 Å². The molecule has 1 aromatic carbocycles. The quantitative estimate of drug-likeness (QED) is 0.641. The van der Waals surface area contributed by atoms with Crippen molar-refractivity contribution in [3.63, 3.8) is 0 Å². The number of hydrogen-bond acceptors (Lipinski definition) is 4. The van der Waals surface area contributed by atoms with E-state index >= 15 is 0 Å². The van der Waals surface area contributed by atoms with Gasteiger partial charge in [-0.15, -0.1) is 0 Å². The van der Waals surface area contributed by atoms with Crippen LogP contribution in [0.1, 0.15) is 24.8 Å². The fraction of sp³-hybridized carbons (Fsp3) is 0.579. The second kappa shape index (κ2) is 8.56. The number of carbonyl (C=O) groups excluding carboxylic acids is 2. The number of halogens is 4. The zero-order valence-electron chi connectivity index (χ0n) is 15.8. The predicted molar refractivity (Wildman–Crippen MR) is 98.3 cm³/mol. The molecule has 2 saturated heterocycles. The minimum atomic E-state index is -4.68. The normalized spacial score (nSPS) is 25.7. The van der Waals surface area contributed by atoms with E-state index in [-0.39, 0.29) is 23.4 Å². The summed E-state index contributed by atoms with van der Waals surface area (Å²) in [6, 6.07) is 1.40. The number of primary amides is 1. The number of anilines is 1. The van der Waals surface area contributed by atoms with Crippen LogP contribution in [0.5, 0.6) is 0 Å². The van der Waals surface area contributed by atoms with Gasteiger partial charge in [0.1, 0.15) is 11.9 Å². The molecule has 1 aromatic rings. The smallest absolute Gasteiger partial charge is 0.374 e. The highest BCUT2D eigenvalue weighted by Crippen LogP contribution is 2.32. The van der Waals surface area contributed by atoms with E-state index in [2.05, 4.69) is 10.6 Å². The van der Waals surface area contributed by atoms with E-state index in [1.165, 1.54) is 0 Å². The maximum absolute atomic E-state index is 13.6. The number of rotatable bonds is 5.